The normalized spacial score (nSPS) is 13.3. The van der Waals surface area contributed by atoms with Crippen molar-refractivity contribution in [2.45, 2.75) is 6.92 Å². The second-order valence-electron chi connectivity index (χ2n) is 7.83. The van der Waals surface area contributed by atoms with Crippen LogP contribution in [0, 0.1) is 36.0 Å². The van der Waals surface area contributed by atoms with Crippen LogP contribution < -0.4 is 23.7 Å². The Morgan fingerprint density at radius 1 is 0.895 bits per heavy atom. The number of rotatable bonds is 7. The highest BCUT2D eigenvalue weighted by Gasteiger charge is 2.31. The number of ketones is 1. The van der Waals surface area contributed by atoms with E-state index in [1.54, 1.807) is 25.1 Å². The van der Waals surface area contributed by atoms with Gasteiger partial charge in [0, 0.05) is 6.07 Å². The van der Waals surface area contributed by atoms with Crippen LogP contribution in [0.2, 0.25) is 0 Å². The first-order valence-electron chi connectivity index (χ1n) is 10.7. The van der Waals surface area contributed by atoms with Crippen molar-refractivity contribution in [3.05, 3.63) is 81.9 Å². The van der Waals surface area contributed by atoms with Gasteiger partial charge in [0.05, 0.1) is 19.8 Å². The number of halogens is 5. The monoisotopic (exact) mass is 536 g/mol. The molecule has 1 aliphatic heterocycles. The van der Waals surface area contributed by atoms with Crippen LogP contribution in [0.15, 0.2) is 36.1 Å². The number of ether oxygens (including phenoxy) is 5. The van der Waals surface area contributed by atoms with Crippen LogP contribution >= 0.6 is 0 Å². The number of carbonyl (C=O) groups excluding carboxylic acids is 2. The van der Waals surface area contributed by atoms with Crippen molar-refractivity contribution in [1.82, 2.24) is 0 Å². The predicted octanol–water partition coefficient (Wildman–Crippen LogP) is 5.31. The molecule has 1 heterocycles. The van der Waals surface area contributed by atoms with Crippen LogP contribution in [0.5, 0.6) is 28.7 Å². The molecule has 198 valence electrons. The maximum Gasteiger partial charge on any atom is 0.349 e. The van der Waals surface area contributed by atoms with Crippen LogP contribution in [0.25, 0.3) is 6.08 Å². The third kappa shape index (κ3) is 4.84. The molecule has 0 aromatic heterocycles. The highest BCUT2D eigenvalue weighted by molar-refractivity contribution is 6.15. The van der Waals surface area contributed by atoms with E-state index in [4.69, 9.17) is 18.9 Å². The summed E-state index contributed by atoms with van der Waals surface area (Å²) < 4.78 is 92.8. The average molecular weight is 536 g/mol. The molecule has 0 atom stereocenters. The second kappa shape index (κ2) is 10.4. The van der Waals surface area contributed by atoms with Gasteiger partial charge in [0.15, 0.2) is 29.6 Å². The van der Waals surface area contributed by atoms with Gasteiger partial charge in [-0.2, -0.15) is 8.78 Å². The molecule has 4 rings (SSSR count). The van der Waals surface area contributed by atoms with Gasteiger partial charge < -0.3 is 23.7 Å². The Balaban J connectivity index is 1.50. The average Bonchev–Trinajstić information content (AvgIpc) is 3.21. The molecule has 0 bridgehead atoms. The fraction of sp³-hybridized carbons (Fsp3) is 0.154. The Labute approximate surface area is 211 Å². The number of carbonyl (C=O) groups is 2. The highest BCUT2D eigenvalue weighted by atomic mass is 19.2. The minimum atomic E-state index is -2.36. The van der Waals surface area contributed by atoms with E-state index in [-0.39, 0.29) is 22.8 Å². The summed E-state index contributed by atoms with van der Waals surface area (Å²) in [5.41, 5.74) is 1.18. The van der Waals surface area contributed by atoms with Crippen molar-refractivity contribution in [2.24, 2.45) is 0 Å². The van der Waals surface area contributed by atoms with Crippen LogP contribution in [0.1, 0.15) is 21.5 Å². The number of esters is 1. The lowest BCUT2D eigenvalue weighted by molar-refractivity contribution is -0.136. The summed E-state index contributed by atoms with van der Waals surface area (Å²) in [6.45, 7) is 0.376. The van der Waals surface area contributed by atoms with E-state index < -0.39 is 53.2 Å². The van der Waals surface area contributed by atoms with Gasteiger partial charge in [0.2, 0.25) is 34.9 Å². The molecule has 0 saturated carbocycles. The largest absolute Gasteiger partial charge is 0.493 e. The number of allylic oxidation sites excluding steroid dienone is 1. The summed E-state index contributed by atoms with van der Waals surface area (Å²) in [4.78, 5) is 25.0. The first-order valence-corrected chi connectivity index (χ1v) is 10.7. The Hall–Kier alpha value is -4.61. The Morgan fingerprint density at radius 2 is 1.53 bits per heavy atom. The molecule has 0 amide bonds. The molecular formula is C26H17F5O7. The van der Waals surface area contributed by atoms with Gasteiger partial charge in [0.25, 0.3) is 0 Å². The van der Waals surface area contributed by atoms with Crippen molar-refractivity contribution in [2.75, 3.05) is 20.8 Å². The third-order valence-corrected chi connectivity index (χ3v) is 5.38. The third-order valence-electron chi connectivity index (χ3n) is 5.38. The molecule has 0 aliphatic carbocycles. The molecule has 0 spiro atoms. The lowest BCUT2D eigenvalue weighted by atomic mass is 10.0. The number of hydrogen-bond acceptors (Lipinski definition) is 7. The number of hydrogen-bond donors (Lipinski definition) is 0. The van der Waals surface area contributed by atoms with Crippen LogP contribution in [0.4, 0.5) is 22.0 Å². The van der Waals surface area contributed by atoms with Crippen molar-refractivity contribution in [3.8, 4) is 28.7 Å². The molecule has 38 heavy (non-hydrogen) atoms. The zero-order valence-corrected chi connectivity index (χ0v) is 19.9. The summed E-state index contributed by atoms with van der Waals surface area (Å²) in [6.07, 6.45) is 1.48. The van der Waals surface area contributed by atoms with Gasteiger partial charge in [-0.05, 0) is 42.3 Å². The van der Waals surface area contributed by atoms with E-state index in [1.165, 1.54) is 32.4 Å². The summed E-state index contributed by atoms with van der Waals surface area (Å²) in [6, 6.07) is 7.52. The van der Waals surface area contributed by atoms with E-state index in [2.05, 4.69) is 4.74 Å². The zero-order valence-electron chi connectivity index (χ0n) is 19.9. The topological polar surface area (TPSA) is 80.3 Å². The lowest BCUT2D eigenvalue weighted by Crippen LogP contribution is -2.19. The van der Waals surface area contributed by atoms with E-state index in [9.17, 15) is 31.5 Å². The van der Waals surface area contributed by atoms with Gasteiger partial charge in [-0.25, -0.2) is 18.0 Å². The Kier molecular flexibility index (Phi) is 7.24. The Morgan fingerprint density at radius 3 is 2.16 bits per heavy atom. The molecular weight excluding hydrogens is 519 g/mol. The molecule has 0 N–H and O–H groups in total. The minimum absolute atomic E-state index is 0.0200. The first kappa shape index (κ1) is 26.5. The summed E-state index contributed by atoms with van der Waals surface area (Å²) in [5, 5.41) is 0. The standard InChI is InChI=1S/C26H17F5O7/c1-11-6-13(37-18(32)10-36-26-23(30)21(28)20(27)22(29)24(26)31)9-16-19(11)25(33)17(38-16)8-12-4-5-14(34-2)15(7-12)35-3/h4-9H,10H2,1-3H3/b17-8-. The predicted molar refractivity (Wildman–Crippen MR) is 121 cm³/mol. The van der Waals surface area contributed by atoms with Crippen molar-refractivity contribution in [3.63, 3.8) is 0 Å². The summed E-state index contributed by atoms with van der Waals surface area (Å²) in [5.74, 6) is -13.7. The molecule has 3 aromatic carbocycles. The second-order valence-corrected chi connectivity index (χ2v) is 7.83. The number of benzene rings is 3. The molecule has 1 aliphatic rings. The number of Topliss-reactive ketones (excluding diaryl/α,β-unsaturated/α-hetero) is 1. The molecule has 7 nitrogen and oxygen atoms in total. The van der Waals surface area contributed by atoms with Gasteiger partial charge in [-0.1, -0.05) is 6.07 Å². The highest BCUT2D eigenvalue weighted by Crippen LogP contribution is 2.38. The van der Waals surface area contributed by atoms with E-state index in [0.29, 0.717) is 22.6 Å². The number of aryl methyl sites for hydroxylation is 1. The molecule has 0 unspecified atom stereocenters. The molecule has 0 radical (unpaired) electrons. The fourth-order valence-electron chi connectivity index (χ4n) is 3.63. The fourth-order valence-corrected chi connectivity index (χ4v) is 3.63. The van der Waals surface area contributed by atoms with Crippen molar-refractivity contribution in [1.29, 1.82) is 0 Å². The minimum Gasteiger partial charge on any atom is -0.493 e. The van der Waals surface area contributed by atoms with Crippen LogP contribution in [-0.4, -0.2) is 32.6 Å². The zero-order chi connectivity index (χ0) is 27.7. The first-order chi connectivity index (χ1) is 18.0. The molecule has 0 fully saturated rings. The van der Waals surface area contributed by atoms with Gasteiger partial charge in [-0.15, -0.1) is 0 Å². The smallest absolute Gasteiger partial charge is 0.349 e. The van der Waals surface area contributed by atoms with Gasteiger partial charge in [-0.3, -0.25) is 4.79 Å². The van der Waals surface area contributed by atoms with Crippen molar-refractivity contribution >= 4 is 17.8 Å². The number of fused-ring (bicyclic) bond motifs is 1. The van der Waals surface area contributed by atoms with Crippen LogP contribution in [-0.2, 0) is 4.79 Å². The van der Waals surface area contributed by atoms with Crippen molar-refractivity contribution < 1.29 is 55.2 Å². The maximum absolute atomic E-state index is 13.7. The summed E-state index contributed by atoms with van der Waals surface area (Å²) in [7, 11) is 2.94. The van der Waals surface area contributed by atoms with Gasteiger partial charge in [0.1, 0.15) is 11.5 Å². The maximum atomic E-state index is 13.7. The quantitative estimate of drug-likeness (QED) is 0.101. The summed E-state index contributed by atoms with van der Waals surface area (Å²) >= 11 is 0. The van der Waals surface area contributed by atoms with E-state index in [0.717, 1.165) is 0 Å². The lowest BCUT2D eigenvalue weighted by Gasteiger charge is -2.11. The van der Waals surface area contributed by atoms with E-state index in [1.807, 2.05) is 0 Å². The number of methoxy groups -OCH3 is 2. The Bertz CT molecular complexity index is 1470. The molecule has 12 heteroatoms. The molecule has 3 aromatic rings. The van der Waals surface area contributed by atoms with Crippen LogP contribution in [0.3, 0.4) is 0 Å². The molecule has 0 saturated heterocycles. The SMILES string of the molecule is COc1ccc(/C=C2\Oc3cc(OC(=O)COc4c(F)c(F)c(F)c(F)c4F)cc(C)c3C2=O)cc1OC. The van der Waals surface area contributed by atoms with E-state index >= 15 is 0 Å². The van der Waals surface area contributed by atoms with Gasteiger partial charge >= 0.3 is 5.97 Å².